The van der Waals surface area contributed by atoms with Crippen LogP contribution in [0.25, 0.3) is 0 Å². The second kappa shape index (κ2) is 6.45. The molecule has 1 aliphatic heterocycles. The largest absolute Gasteiger partial charge is 0.481 e. The van der Waals surface area contributed by atoms with Crippen LogP contribution in [0.2, 0.25) is 10.0 Å². The van der Waals surface area contributed by atoms with E-state index < -0.39 is 11.4 Å². The van der Waals surface area contributed by atoms with Gasteiger partial charge in [-0.2, -0.15) is 0 Å². The minimum absolute atomic E-state index is 0.210. The van der Waals surface area contributed by atoms with Gasteiger partial charge in [0.05, 0.1) is 11.5 Å². The number of rotatable bonds is 4. The molecule has 1 aromatic rings. The molecule has 7 heteroatoms. The number of halogens is 2. The third kappa shape index (κ3) is 3.33. The van der Waals surface area contributed by atoms with Gasteiger partial charge < -0.3 is 15.3 Å². The van der Waals surface area contributed by atoms with E-state index in [9.17, 15) is 14.7 Å². The van der Waals surface area contributed by atoms with Crippen molar-refractivity contribution in [3.8, 4) is 0 Å². The van der Waals surface area contributed by atoms with Crippen molar-refractivity contribution >= 4 is 35.2 Å². The lowest BCUT2D eigenvalue weighted by atomic mass is 9.90. The molecule has 0 aromatic heterocycles. The maximum Gasteiger partial charge on any atom is 0.317 e. The number of aliphatic carboxylic acids is 1. The number of carboxylic acid groups (broad SMARTS) is 1. The minimum atomic E-state index is -0.881. The van der Waals surface area contributed by atoms with Crippen LogP contribution in [0.5, 0.6) is 0 Å². The number of benzene rings is 1. The van der Waals surface area contributed by atoms with Gasteiger partial charge in [-0.05, 0) is 44.2 Å². The second-order valence-corrected chi connectivity index (χ2v) is 7.75. The Morgan fingerprint density at radius 3 is 2.46 bits per heavy atom. The summed E-state index contributed by atoms with van der Waals surface area (Å²) in [6.07, 6.45) is 2.48. The number of carbonyl (C=O) groups excluding carboxylic acids is 1. The Hall–Kier alpha value is -1.46. The maximum absolute atomic E-state index is 12.6. The van der Waals surface area contributed by atoms with Gasteiger partial charge in [-0.25, -0.2) is 4.79 Å². The fourth-order valence-corrected chi connectivity index (χ4v) is 3.83. The average Bonchev–Trinajstić information content (AvgIpc) is 3.27. The van der Waals surface area contributed by atoms with E-state index in [1.54, 1.807) is 30.0 Å². The van der Waals surface area contributed by atoms with Gasteiger partial charge in [0.1, 0.15) is 0 Å². The van der Waals surface area contributed by atoms with Gasteiger partial charge in [0.25, 0.3) is 0 Å². The average molecular weight is 371 g/mol. The van der Waals surface area contributed by atoms with Crippen LogP contribution in [0, 0.1) is 11.3 Å². The van der Waals surface area contributed by atoms with Crippen molar-refractivity contribution in [2.75, 3.05) is 13.1 Å². The molecule has 24 heavy (non-hydrogen) atoms. The monoisotopic (exact) mass is 370 g/mol. The molecule has 0 bridgehead atoms. The van der Waals surface area contributed by atoms with Crippen LogP contribution >= 0.6 is 23.2 Å². The first kappa shape index (κ1) is 17.4. The molecular formula is C17H20Cl2N2O3. The SMILES string of the molecule is CC1(C(=O)O)CCN(C(=O)NC(c2c(Cl)cccc2Cl)C2CC2)C1. The highest BCUT2D eigenvalue weighted by molar-refractivity contribution is 6.36. The Bertz CT molecular complexity index is 658. The quantitative estimate of drug-likeness (QED) is 0.842. The summed E-state index contributed by atoms with van der Waals surface area (Å²) in [6.45, 7) is 2.32. The molecule has 3 rings (SSSR count). The molecule has 2 aliphatic rings. The van der Waals surface area contributed by atoms with E-state index >= 15 is 0 Å². The first-order valence-corrected chi connectivity index (χ1v) is 8.80. The molecule has 130 valence electrons. The van der Waals surface area contributed by atoms with Crippen LogP contribution in [-0.4, -0.2) is 35.1 Å². The van der Waals surface area contributed by atoms with Crippen molar-refractivity contribution in [1.29, 1.82) is 0 Å². The van der Waals surface area contributed by atoms with Crippen molar-refractivity contribution in [3.05, 3.63) is 33.8 Å². The van der Waals surface area contributed by atoms with Gasteiger partial charge in [0.15, 0.2) is 0 Å². The number of carbonyl (C=O) groups is 2. The number of amides is 2. The van der Waals surface area contributed by atoms with Crippen molar-refractivity contribution < 1.29 is 14.7 Å². The summed E-state index contributed by atoms with van der Waals surface area (Å²) < 4.78 is 0. The van der Waals surface area contributed by atoms with Crippen LogP contribution in [0.1, 0.15) is 37.8 Å². The maximum atomic E-state index is 12.6. The first-order valence-electron chi connectivity index (χ1n) is 8.04. The molecule has 1 saturated heterocycles. The molecule has 2 atom stereocenters. The van der Waals surface area contributed by atoms with Crippen LogP contribution in [0.4, 0.5) is 4.79 Å². The highest BCUT2D eigenvalue weighted by atomic mass is 35.5. The molecule has 1 saturated carbocycles. The number of likely N-dealkylation sites (tertiary alicyclic amines) is 1. The van der Waals surface area contributed by atoms with E-state index in [0.717, 1.165) is 18.4 Å². The van der Waals surface area contributed by atoms with Crippen LogP contribution in [0.15, 0.2) is 18.2 Å². The van der Waals surface area contributed by atoms with E-state index in [0.29, 0.717) is 28.9 Å². The van der Waals surface area contributed by atoms with E-state index in [2.05, 4.69) is 5.32 Å². The molecule has 2 N–H and O–H groups in total. The highest BCUT2D eigenvalue weighted by Crippen LogP contribution is 2.45. The number of hydrogen-bond donors (Lipinski definition) is 2. The first-order chi connectivity index (χ1) is 11.3. The summed E-state index contributed by atoms with van der Waals surface area (Å²) in [4.78, 5) is 25.5. The predicted molar refractivity (Wildman–Crippen MR) is 92.4 cm³/mol. The van der Waals surface area contributed by atoms with E-state index in [1.807, 2.05) is 0 Å². The van der Waals surface area contributed by atoms with Crippen molar-refractivity contribution in [1.82, 2.24) is 10.2 Å². The molecule has 2 fully saturated rings. The zero-order chi connectivity index (χ0) is 17.5. The number of carboxylic acids is 1. The van der Waals surface area contributed by atoms with Crippen molar-refractivity contribution in [2.45, 2.75) is 32.2 Å². The molecule has 0 radical (unpaired) electrons. The lowest BCUT2D eigenvalue weighted by Gasteiger charge is -2.26. The van der Waals surface area contributed by atoms with E-state index in [-0.39, 0.29) is 18.6 Å². The molecular weight excluding hydrogens is 351 g/mol. The number of nitrogens with one attached hydrogen (secondary N) is 1. The fourth-order valence-electron chi connectivity index (χ4n) is 3.20. The van der Waals surface area contributed by atoms with Gasteiger partial charge in [-0.3, -0.25) is 4.79 Å². The smallest absolute Gasteiger partial charge is 0.317 e. The standard InChI is InChI=1S/C17H20Cl2N2O3/c1-17(15(22)23)7-8-21(9-17)16(24)20-14(10-5-6-10)13-11(18)3-2-4-12(13)19/h2-4,10,14H,5-9H2,1H3,(H,20,24)(H,22,23). The van der Waals surface area contributed by atoms with Crippen molar-refractivity contribution in [3.63, 3.8) is 0 Å². The molecule has 5 nitrogen and oxygen atoms in total. The third-order valence-corrected chi connectivity index (χ3v) is 5.62. The zero-order valence-corrected chi connectivity index (χ0v) is 14.9. The number of nitrogens with zero attached hydrogens (tertiary/aromatic N) is 1. The molecule has 2 unspecified atom stereocenters. The predicted octanol–water partition coefficient (Wildman–Crippen LogP) is 3.95. The van der Waals surface area contributed by atoms with Crippen LogP contribution < -0.4 is 5.32 Å². The lowest BCUT2D eigenvalue weighted by Crippen LogP contribution is -2.43. The summed E-state index contributed by atoms with van der Waals surface area (Å²) in [5.74, 6) is -0.550. The van der Waals surface area contributed by atoms with Gasteiger partial charge in [0, 0.05) is 28.7 Å². The Kier molecular flexibility index (Phi) is 4.67. The topological polar surface area (TPSA) is 69.6 Å². The summed E-state index contributed by atoms with van der Waals surface area (Å²) in [6, 6.07) is 4.81. The van der Waals surface area contributed by atoms with Gasteiger partial charge >= 0.3 is 12.0 Å². The molecule has 1 heterocycles. The summed E-state index contributed by atoms with van der Waals surface area (Å²) in [5.41, 5.74) is -0.133. The zero-order valence-electron chi connectivity index (χ0n) is 13.4. The molecule has 0 spiro atoms. The fraction of sp³-hybridized carbons (Fsp3) is 0.529. The van der Waals surface area contributed by atoms with Gasteiger partial charge in [-0.1, -0.05) is 29.3 Å². The normalized spacial score (nSPS) is 24.7. The Labute approximate surface area is 150 Å². The lowest BCUT2D eigenvalue weighted by molar-refractivity contribution is -0.147. The van der Waals surface area contributed by atoms with E-state index in [4.69, 9.17) is 23.2 Å². The molecule has 1 aromatic carbocycles. The summed E-state index contributed by atoms with van der Waals surface area (Å²) in [5, 5.41) is 13.4. The van der Waals surface area contributed by atoms with Gasteiger partial charge in [-0.15, -0.1) is 0 Å². The Morgan fingerprint density at radius 2 is 1.96 bits per heavy atom. The number of hydrogen-bond acceptors (Lipinski definition) is 2. The highest BCUT2D eigenvalue weighted by Gasteiger charge is 2.43. The number of urea groups is 1. The Balaban J connectivity index is 1.76. The van der Waals surface area contributed by atoms with E-state index in [1.165, 1.54) is 0 Å². The second-order valence-electron chi connectivity index (χ2n) is 6.94. The van der Waals surface area contributed by atoms with Crippen LogP contribution in [-0.2, 0) is 4.79 Å². The minimum Gasteiger partial charge on any atom is -0.481 e. The summed E-state index contributed by atoms with van der Waals surface area (Å²) >= 11 is 12.6. The van der Waals surface area contributed by atoms with Crippen molar-refractivity contribution in [2.24, 2.45) is 11.3 Å². The third-order valence-electron chi connectivity index (χ3n) is 4.96. The molecule has 2 amide bonds. The van der Waals surface area contributed by atoms with Gasteiger partial charge in [0.2, 0.25) is 0 Å². The van der Waals surface area contributed by atoms with Crippen LogP contribution in [0.3, 0.4) is 0 Å². The molecule has 1 aliphatic carbocycles. The summed E-state index contributed by atoms with van der Waals surface area (Å²) in [7, 11) is 0. The Morgan fingerprint density at radius 1 is 1.33 bits per heavy atom.